The van der Waals surface area contributed by atoms with E-state index in [-0.39, 0.29) is 24.2 Å². The fraction of sp³-hybridized carbons (Fsp3) is 0.364. The van der Waals surface area contributed by atoms with E-state index in [4.69, 9.17) is 4.42 Å². The van der Waals surface area contributed by atoms with Gasteiger partial charge in [0.15, 0.2) is 0 Å². The Morgan fingerprint density at radius 3 is 2.74 bits per heavy atom. The number of pyridine rings is 1. The standard InChI is InChI=1S/C22H20BrF3N6O2/c1-30-6-2-3-14(11-30)32-18-7-15(23)16(24)8-17(18)31(22(32)33)10-13-5-4-12(9-27-13)20-28-29-21(34-20)19(25)26/h4-5,7-9,14,19H,2-3,6,10-11H2,1H3/t14-/m1/s1. The lowest BCUT2D eigenvalue weighted by molar-refractivity contribution is 0.116. The highest BCUT2D eigenvalue weighted by atomic mass is 79.9. The number of rotatable bonds is 5. The predicted octanol–water partition coefficient (Wildman–Crippen LogP) is 4.40. The summed E-state index contributed by atoms with van der Waals surface area (Å²) in [6, 6.07) is 6.21. The molecule has 8 nitrogen and oxygen atoms in total. The van der Waals surface area contributed by atoms with E-state index in [2.05, 4.69) is 36.0 Å². The largest absolute Gasteiger partial charge is 0.415 e. The number of fused-ring (bicyclic) bond motifs is 1. The minimum atomic E-state index is -2.86. The van der Waals surface area contributed by atoms with E-state index in [1.54, 1.807) is 22.8 Å². The molecule has 12 heteroatoms. The van der Waals surface area contributed by atoms with Crippen molar-refractivity contribution >= 4 is 27.0 Å². The minimum absolute atomic E-state index is 0.0238. The van der Waals surface area contributed by atoms with Gasteiger partial charge in [-0.3, -0.25) is 14.1 Å². The Morgan fingerprint density at radius 1 is 1.24 bits per heavy atom. The SMILES string of the molecule is CN1CCC[C@@H](n2c(=O)n(Cc3ccc(-c4nnc(C(F)F)o4)cn3)c3cc(F)c(Br)cc32)C1. The number of nitrogens with zero attached hydrogens (tertiary/aromatic N) is 6. The fourth-order valence-corrected chi connectivity index (χ4v) is 4.70. The summed E-state index contributed by atoms with van der Waals surface area (Å²) in [5, 5.41) is 6.92. The van der Waals surface area contributed by atoms with Gasteiger partial charge in [0.05, 0.1) is 39.4 Å². The van der Waals surface area contributed by atoms with Gasteiger partial charge < -0.3 is 9.32 Å². The van der Waals surface area contributed by atoms with Crippen molar-refractivity contribution in [2.24, 2.45) is 0 Å². The maximum absolute atomic E-state index is 14.4. The van der Waals surface area contributed by atoms with Crippen molar-refractivity contribution in [1.29, 1.82) is 0 Å². The predicted molar refractivity (Wildman–Crippen MR) is 121 cm³/mol. The van der Waals surface area contributed by atoms with Crippen LogP contribution in [-0.4, -0.2) is 49.4 Å². The van der Waals surface area contributed by atoms with Crippen LogP contribution in [0.1, 0.15) is 36.9 Å². The lowest BCUT2D eigenvalue weighted by atomic mass is 10.1. The van der Waals surface area contributed by atoms with E-state index in [0.29, 0.717) is 26.8 Å². The van der Waals surface area contributed by atoms with Gasteiger partial charge in [0, 0.05) is 18.8 Å². The Bertz CT molecular complexity index is 1400. The molecule has 1 saturated heterocycles. The zero-order valence-corrected chi connectivity index (χ0v) is 19.7. The van der Waals surface area contributed by atoms with Crippen molar-refractivity contribution in [3.63, 3.8) is 0 Å². The molecule has 0 saturated carbocycles. The Hall–Kier alpha value is -2.99. The van der Waals surface area contributed by atoms with Gasteiger partial charge in [-0.05, 0) is 60.6 Å². The summed E-state index contributed by atoms with van der Waals surface area (Å²) in [5.74, 6) is -1.30. The fourth-order valence-electron chi connectivity index (χ4n) is 4.37. The first-order chi connectivity index (χ1) is 16.3. The number of piperidine rings is 1. The number of hydrogen-bond donors (Lipinski definition) is 0. The Balaban J connectivity index is 1.51. The summed E-state index contributed by atoms with van der Waals surface area (Å²) in [7, 11) is 2.02. The molecule has 0 amide bonds. The van der Waals surface area contributed by atoms with Crippen LogP contribution in [0.3, 0.4) is 0 Å². The lowest BCUT2D eigenvalue weighted by Gasteiger charge is -2.30. The maximum Gasteiger partial charge on any atom is 0.329 e. The van der Waals surface area contributed by atoms with E-state index < -0.39 is 18.1 Å². The summed E-state index contributed by atoms with van der Waals surface area (Å²) in [6.07, 6.45) is 0.377. The molecule has 178 valence electrons. The van der Waals surface area contributed by atoms with Crippen molar-refractivity contribution in [3.05, 3.63) is 62.8 Å². The molecule has 3 aromatic heterocycles. The number of hydrogen-bond acceptors (Lipinski definition) is 6. The smallest absolute Gasteiger partial charge is 0.329 e. The van der Waals surface area contributed by atoms with Gasteiger partial charge in [-0.15, -0.1) is 10.2 Å². The number of aromatic nitrogens is 5. The first kappa shape index (κ1) is 22.8. The first-order valence-electron chi connectivity index (χ1n) is 10.7. The minimum Gasteiger partial charge on any atom is -0.415 e. The molecule has 1 atom stereocenters. The number of imidazole rings is 1. The molecule has 1 aliphatic rings. The molecule has 0 aliphatic carbocycles. The average molecular weight is 537 g/mol. The van der Waals surface area contributed by atoms with Crippen molar-refractivity contribution in [1.82, 2.24) is 29.2 Å². The van der Waals surface area contributed by atoms with Gasteiger partial charge in [0.25, 0.3) is 5.89 Å². The average Bonchev–Trinajstić information content (AvgIpc) is 3.39. The summed E-state index contributed by atoms with van der Waals surface area (Å²) in [5.41, 5.74) is 1.79. The van der Waals surface area contributed by atoms with Gasteiger partial charge >= 0.3 is 12.1 Å². The quantitative estimate of drug-likeness (QED) is 0.376. The van der Waals surface area contributed by atoms with Crippen LogP contribution in [0.5, 0.6) is 0 Å². The molecule has 0 unspecified atom stereocenters. The van der Waals surface area contributed by atoms with Gasteiger partial charge in [-0.2, -0.15) is 8.78 Å². The second-order valence-electron chi connectivity index (χ2n) is 8.34. The molecule has 1 aromatic carbocycles. The van der Waals surface area contributed by atoms with E-state index in [1.165, 1.54) is 16.8 Å². The van der Waals surface area contributed by atoms with Gasteiger partial charge in [-0.1, -0.05) is 0 Å². The maximum atomic E-state index is 14.4. The van der Waals surface area contributed by atoms with Crippen LogP contribution < -0.4 is 5.69 Å². The van der Waals surface area contributed by atoms with E-state index in [0.717, 1.165) is 25.9 Å². The molecule has 0 bridgehead atoms. The highest BCUT2D eigenvalue weighted by Gasteiger charge is 2.25. The molecular formula is C22H20BrF3N6O2. The Morgan fingerprint density at radius 2 is 2.06 bits per heavy atom. The third-order valence-corrected chi connectivity index (χ3v) is 6.60. The molecule has 0 radical (unpaired) electrons. The van der Waals surface area contributed by atoms with E-state index in [1.807, 2.05) is 7.05 Å². The highest BCUT2D eigenvalue weighted by molar-refractivity contribution is 9.10. The molecule has 1 aliphatic heterocycles. The first-order valence-corrected chi connectivity index (χ1v) is 11.5. The molecule has 0 spiro atoms. The van der Waals surface area contributed by atoms with E-state index in [9.17, 15) is 18.0 Å². The van der Waals surface area contributed by atoms with E-state index >= 15 is 0 Å². The number of likely N-dealkylation sites (tertiary alicyclic amines) is 1. The second-order valence-corrected chi connectivity index (χ2v) is 9.19. The monoisotopic (exact) mass is 536 g/mol. The van der Waals surface area contributed by atoms with Crippen molar-refractivity contribution in [2.75, 3.05) is 20.1 Å². The number of alkyl halides is 2. The van der Waals surface area contributed by atoms with Crippen LogP contribution in [0, 0.1) is 5.82 Å². The molecule has 0 N–H and O–H groups in total. The third kappa shape index (κ3) is 4.16. The van der Waals surface area contributed by atoms with Gasteiger partial charge in [0.2, 0.25) is 5.89 Å². The normalized spacial score (nSPS) is 17.2. The molecular weight excluding hydrogens is 517 g/mol. The Kier molecular flexibility index (Phi) is 6.02. The van der Waals surface area contributed by atoms with Gasteiger partial charge in [0.1, 0.15) is 5.82 Å². The van der Waals surface area contributed by atoms with Crippen LogP contribution in [0.25, 0.3) is 22.5 Å². The zero-order valence-electron chi connectivity index (χ0n) is 18.1. The van der Waals surface area contributed by atoms with Crippen molar-refractivity contribution in [2.45, 2.75) is 31.9 Å². The highest BCUT2D eigenvalue weighted by Crippen LogP contribution is 2.29. The number of benzene rings is 1. The van der Waals surface area contributed by atoms with Crippen LogP contribution in [0.2, 0.25) is 0 Å². The van der Waals surface area contributed by atoms with Crippen LogP contribution in [0.4, 0.5) is 13.2 Å². The summed E-state index contributed by atoms with van der Waals surface area (Å²) in [4.78, 5) is 20.0. The summed E-state index contributed by atoms with van der Waals surface area (Å²) in [6.45, 7) is 1.81. The molecule has 5 rings (SSSR count). The number of halogens is 4. The van der Waals surface area contributed by atoms with Crippen LogP contribution in [0.15, 0.2) is 44.1 Å². The van der Waals surface area contributed by atoms with Crippen LogP contribution >= 0.6 is 15.9 Å². The van der Waals surface area contributed by atoms with Crippen molar-refractivity contribution < 1.29 is 17.6 Å². The molecule has 4 aromatic rings. The molecule has 1 fully saturated rings. The topological polar surface area (TPSA) is 82.0 Å². The Labute approximate surface area is 200 Å². The van der Waals surface area contributed by atoms with Crippen molar-refractivity contribution in [3.8, 4) is 11.5 Å². The zero-order chi connectivity index (χ0) is 24.0. The third-order valence-electron chi connectivity index (χ3n) is 5.99. The summed E-state index contributed by atoms with van der Waals surface area (Å²) >= 11 is 3.24. The van der Waals surface area contributed by atoms with Crippen LogP contribution in [-0.2, 0) is 6.54 Å². The molecule has 4 heterocycles. The lowest BCUT2D eigenvalue weighted by Crippen LogP contribution is -2.38. The second kappa shape index (κ2) is 8.99. The number of likely N-dealkylation sites (N-methyl/N-ethyl adjacent to an activating group) is 1. The van der Waals surface area contributed by atoms with Gasteiger partial charge in [-0.25, -0.2) is 9.18 Å². The molecule has 34 heavy (non-hydrogen) atoms. The summed E-state index contributed by atoms with van der Waals surface area (Å²) < 4.78 is 48.3.